The minimum atomic E-state index is -0.874. The summed E-state index contributed by atoms with van der Waals surface area (Å²) < 4.78 is 1.47. The lowest BCUT2D eigenvalue weighted by molar-refractivity contribution is -0.139. The standard InChI is InChI=1S/C10H11I2NO3/c1-13-8(10(15)16)4-5-2-6(11)9(14)7(12)3-5/h2-3,8,13-14H,4H2,1H3,(H,15,16)/t8-/m0/s1. The van der Waals surface area contributed by atoms with Crippen LogP contribution in [0.2, 0.25) is 0 Å². The number of likely N-dealkylation sites (N-methyl/N-ethyl adjacent to an activating group) is 1. The van der Waals surface area contributed by atoms with E-state index in [9.17, 15) is 9.90 Å². The molecule has 0 spiro atoms. The Bertz CT molecular complexity index is 386. The minimum Gasteiger partial charge on any atom is -0.506 e. The van der Waals surface area contributed by atoms with E-state index in [4.69, 9.17) is 5.11 Å². The first-order chi connectivity index (χ1) is 7.45. The van der Waals surface area contributed by atoms with E-state index in [2.05, 4.69) is 5.32 Å². The Hall–Kier alpha value is -0.0900. The van der Waals surface area contributed by atoms with Gasteiger partial charge in [0.1, 0.15) is 11.8 Å². The van der Waals surface area contributed by atoms with Crippen LogP contribution >= 0.6 is 45.2 Å². The normalized spacial score (nSPS) is 12.4. The lowest BCUT2D eigenvalue weighted by atomic mass is 10.1. The van der Waals surface area contributed by atoms with Crippen molar-refractivity contribution >= 4 is 51.2 Å². The first kappa shape index (κ1) is 14.0. The number of aromatic hydroxyl groups is 1. The molecule has 16 heavy (non-hydrogen) atoms. The molecule has 0 radical (unpaired) electrons. The molecule has 0 aliphatic carbocycles. The van der Waals surface area contributed by atoms with Crippen LogP contribution < -0.4 is 5.32 Å². The highest BCUT2D eigenvalue weighted by molar-refractivity contribution is 14.1. The largest absolute Gasteiger partial charge is 0.506 e. The summed E-state index contributed by atoms with van der Waals surface area (Å²) >= 11 is 4.06. The number of carboxylic acid groups (broad SMARTS) is 1. The number of hydrogen-bond donors (Lipinski definition) is 3. The molecule has 0 saturated heterocycles. The number of phenolic OH excluding ortho intramolecular Hbond substituents is 1. The molecule has 0 saturated carbocycles. The van der Waals surface area contributed by atoms with Crippen molar-refractivity contribution in [2.24, 2.45) is 0 Å². The molecule has 0 aliphatic heterocycles. The summed E-state index contributed by atoms with van der Waals surface area (Å²) in [5, 5.41) is 21.2. The van der Waals surface area contributed by atoms with Crippen LogP contribution in [0.5, 0.6) is 5.75 Å². The second-order valence-electron chi connectivity index (χ2n) is 3.29. The van der Waals surface area contributed by atoms with Crippen LogP contribution in [-0.4, -0.2) is 29.3 Å². The third kappa shape index (κ3) is 3.45. The summed E-state index contributed by atoms with van der Waals surface area (Å²) in [4.78, 5) is 10.9. The highest BCUT2D eigenvalue weighted by Gasteiger charge is 2.16. The van der Waals surface area contributed by atoms with Gasteiger partial charge in [0, 0.05) is 0 Å². The van der Waals surface area contributed by atoms with Gasteiger partial charge in [-0.3, -0.25) is 4.79 Å². The highest BCUT2D eigenvalue weighted by atomic mass is 127. The van der Waals surface area contributed by atoms with Crippen molar-refractivity contribution in [2.75, 3.05) is 7.05 Å². The highest BCUT2D eigenvalue weighted by Crippen LogP contribution is 2.27. The molecule has 0 aromatic heterocycles. The third-order valence-corrected chi connectivity index (χ3v) is 3.81. The third-order valence-electron chi connectivity index (χ3n) is 2.16. The van der Waals surface area contributed by atoms with Gasteiger partial charge in [-0.1, -0.05) is 0 Å². The van der Waals surface area contributed by atoms with Gasteiger partial charge < -0.3 is 15.5 Å². The van der Waals surface area contributed by atoms with Crippen LogP contribution in [0.25, 0.3) is 0 Å². The maximum absolute atomic E-state index is 10.9. The summed E-state index contributed by atoms with van der Waals surface area (Å²) in [5.74, 6) is -0.623. The smallest absolute Gasteiger partial charge is 0.321 e. The molecular weight excluding hydrogens is 436 g/mol. The maximum Gasteiger partial charge on any atom is 0.321 e. The van der Waals surface area contributed by atoms with Crippen molar-refractivity contribution in [3.8, 4) is 5.75 Å². The molecule has 1 aromatic rings. The Labute approximate surface area is 121 Å². The molecule has 0 aliphatic rings. The second-order valence-corrected chi connectivity index (χ2v) is 5.62. The van der Waals surface area contributed by atoms with E-state index in [1.807, 2.05) is 45.2 Å². The number of hydrogen-bond acceptors (Lipinski definition) is 3. The van der Waals surface area contributed by atoms with Gasteiger partial charge in [0.25, 0.3) is 0 Å². The molecule has 0 amide bonds. The Morgan fingerprint density at radius 2 is 1.94 bits per heavy atom. The molecule has 1 rings (SSSR count). The molecule has 0 bridgehead atoms. The molecule has 0 heterocycles. The van der Waals surface area contributed by atoms with E-state index in [1.165, 1.54) is 0 Å². The molecule has 1 atom stereocenters. The van der Waals surface area contributed by atoms with Crippen molar-refractivity contribution in [3.05, 3.63) is 24.8 Å². The summed E-state index contributed by atoms with van der Waals surface area (Å²) in [6, 6.07) is 2.99. The molecule has 3 N–H and O–H groups in total. The van der Waals surface area contributed by atoms with Crippen molar-refractivity contribution < 1.29 is 15.0 Å². The summed E-state index contributed by atoms with van der Waals surface area (Å²) in [6.07, 6.45) is 0.401. The van der Waals surface area contributed by atoms with Crippen LogP contribution in [0.4, 0.5) is 0 Å². The number of carbonyl (C=O) groups is 1. The fourth-order valence-electron chi connectivity index (χ4n) is 1.28. The molecule has 88 valence electrons. The topological polar surface area (TPSA) is 69.6 Å². The van der Waals surface area contributed by atoms with E-state index in [1.54, 1.807) is 19.2 Å². The van der Waals surface area contributed by atoms with E-state index in [0.29, 0.717) is 6.42 Å². The van der Waals surface area contributed by atoms with Crippen molar-refractivity contribution in [1.82, 2.24) is 5.32 Å². The van der Waals surface area contributed by atoms with E-state index in [-0.39, 0.29) is 5.75 Å². The van der Waals surface area contributed by atoms with Crippen LogP contribution in [0.1, 0.15) is 5.56 Å². The van der Waals surface area contributed by atoms with Gasteiger partial charge in [-0.15, -0.1) is 0 Å². The number of carboxylic acids is 1. The maximum atomic E-state index is 10.9. The van der Waals surface area contributed by atoms with Crippen molar-refractivity contribution in [2.45, 2.75) is 12.5 Å². The quantitative estimate of drug-likeness (QED) is 0.617. The average Bonchev–Trinajstić information content (AvgIpc) is 2.21. The van der Waals surface area contributed by atoms with Gasteiger partial charge in [-0.05, 0) is 76.3 Å². The monoisotopic (exact) mass is 447 g/mol. The molecule has 4 nitrogen and oxygen atoms in total. The first-order valence-electron chi connectivity index (χ1n) is 4.52. The number of halogens is 2. The van der Waals surface area contributed by atoms with Gasteiger partial charge in [-0.2, -0.15) is 0 Å². The van der Waals surface area contributed by atoms with Crippen molar-refractivity contribution in [1.29, 1.82) is 0 Å². The second kappa shape index (κ2) is 6.01. The number of phenols is 1. The summed E-state index contributed by atoms with van der Waals surface area (Å²) in [7, 11) is 1.62. The number of rotatable bonds is 4. The van der Waals surface area contributed by atoms with Gasteiger partial charge in [0.05, 0.1) is 7.14 Å². The lowest BCUT2D eigenvalue weighted by Crippen LogP contribution is -2.35. The SMILES string of the molecule is CN[C@@H](Cc1cc(I)c(O)c(I)c1)C(=O)O. The number of benzene rings is 1. The molecular formula is C10H11I2NO3. The predicted octanol–water partition coefficient (Wildman–Crippen LogP) is 1.82. The number of nitrogens with one attached hydrogen (secondary N) is 1. The predicted molar refractivity (Wildman–Crippen MR) is 77.7 cm³/mol. The Balaban J connectivity index is 2.93. The van der Waals surface area contributed by atoms with Gasteiger partial charge >= 0.3 is 5.97 Å². The first-order valence-corrected chi connectivity index (χ1v) is 6.68. The Morgan fingerprint density at radius 1 is 1.44 bits per heavy atom. The van der Waals surface area contributed by atoms with Gasteiger partial charge in [-0.25, -0.2) is 0 Å². The van der Waals surface area contributed by atoms with E-state index in [0.717, 1.165) is 12.7 Å². The number of aliphatic carboxylic acids is 1. The van der Waals surface area contributed by atoms with E-state index < -0.39 is 12.0 Å². The van der Waals surface area contributed by atoms with Crippen molar-refractivity contribution in [3.63, 3.8) is 0 Å². The molecule has 6 heteroatoms. The van der Waals surface area contributed by atoms with Crippen LogP contribution in [0, 0.1) is 7.14 Å². The zero-order valence-corrected chi connectivity index (χ0v) is 12.8. The fraction of sp³-hybridized carbons (Fsp3) is 0.300. The molecule has 0 fully saturated rings. The Kier molecular flexibility index (Phi) is 5.25. The average molecular weight is 447 g/mol. The minimum absolute atomic E-state index is 0.251. The summed E-state index contributed by atoms with van der Waals surface area (Å²) in [5.41, 5.74) is 0.897. The lowest BCUT2D eigenvalue weighted by Gasteiger charge is -2.12. The Morgan fingerprint density at radius 3 is 2.31 bits per heavy atom. The molecule has 0 unspecified atom stereocenters. The molecule has 1 aromatic carbocycles. The van der Waals surface area contributed by atoms with Gasteiger partial charge in [0.15, 0.2) is 0 Å². The zero-order valence-electron chi connectivity index (χ0n) is 8.50. The summed E-state index contributed by atoms with van der Waals surface area (Å²) in [6.45, 7) is 0. The van der Waals surface area contributed by atoms with Crippen LogP contribution in [-0.2, 0) is 11.2 Å². The van der Waals surface area contributed by atoms with Crippen LogP contribution in [0.15, 0.2) is 12.1 Å². The fourth-order valence-corrected chi connectivity index (χ4v) is 3.18. The van der Waals surface area contributed by atoms with Crippen LogP contribution in [0.3, 0.4) is 0 Å². The van der Waals surface area contributed by atoms with Gasteiger partial charge in [0.2, 0.25) is 0 Å². The van der Waals surface area contributed by atoms with E-state index >= 15 is 0 Å². The zero-order chi connectivity index (χ0) is 12.3.